The van der Waals surface area contributed by atoms with Crippen molar-refractivity contribution in [1.29, 1.82) is 5.26 Å². The number of nitrogens with one attached hydrogen (secondary N) is 1. The second kappa shape index (κ2) is 7.06. The third-order valence-corrected chi connectivity index (χ3v) is 2.84. The minimum Gasteiger partial charge on any atom is -0.490 e. The van der Waals surface area contributed by atoms with Crippen LogP contribution in [0.2, 0.25) is 0 Å². The Morgan fingerprint density at radius 2 is 2.00 bits per heavy atom. The van der Waals surface area contributed by atoms with Gasteiger partial charge in [0.15, 0.2) is 17.0 Å². The summed E-state index contributed by atoms with van der Waals surface area (Å²) in [6.45, 7) is 0. The highest BCUT2D eigenvalue weighted by molar-refractivity contribution is 8.13. The van der Waals surface area contributed by atoms with Crippen LogP contribution in [0, 0.1) is 31.7 Å². The third-order valence-electron chi connectivity index (χ3n) is 2.26. The van der Waals surface area contributed by atoms with Crippen molar-refractivity contribution in [1.82, 2.24) is 5.32 Å². The number of thioether (sulfide) groups is 1. The van der Waals surface area contributed by atoms with E-state index in [2.05, 4.69) is 10.3 Å². The number of nitrogens with zero attached hydrogens (tertiary/aromatic N) is 4. The van der Waals surface area contributed by atoms with E-state index < -0.39 is 21.2 Å². The Morgan fingerprint density at radius 3 is 2.43 bits per heavy atom. The van der Waals surface area contributed by atoms with Gasteiger partial charge >= 0.3 is 11.4 Å². The maximum absolute atomic E-state index is 11.1. The van der Waals surface area contributed by atoms with Crippen LogP contribution in [0.15, 0.2) is 17.1 Å². The van der Waals surface area contributed by atoms with Gasteiger partial charge in [0.05, 0.1) is 17.0 Å². The lowest BCUT2D eigenvalue weighted by Crippen LogP contribution is -2.12. The molecule has 0 spiro atoms. The van der Waals surface area contributed by atoms with E-state index in [9.17, 15) is 20.2 Å². The van der Waals surface area contributed by atoms with E-state index in [1.54, 1.807) is 12.4 Å². The highest BCUT2D eigenvalue weighted by atomic mass is 32.2. The molecule has 1 aromatic carbocycles. The molecule has 0 unspecified atom stereocenters. The lowest BCUT2D eigenvalue weighted by Gasteiger charge is -2.05. The fraction of sp³-hybridized carbons (Fsp3) is 0.200. The van der Waals surface area contributed by atoms with Crippen LogP contribution in [0.3, 0.4) is 0 Å². The summed E-state index contributed by atoms with van der Waals surface area (Å²) in [6.07, 6.45) is 3.21. The van der Waals surface area contributed by atoms with Gasteiger partial charge in [0.2, 0.25) is 5.75 Å². The molecule has 0 radical (unpaired) electrons. The van der Waals surface area contributed by atoms with Crippen LogP contribution in [0.1, 0.15) is 0 Å². The average Bonchev–Trinajstić information content (AvgIpc) is 2.45. The smallest absolute Gasteiger partial charge is 0.389 e. The first-order valence-corrected chi connectivity index (χ1v) is 6.46. The minimum absolute atomic E-state index is 0.0695. The van der Waals surface area contributed by atoms with Gasteiger partial charge in [-0.1, -0.05) is 11.8 Å². The van der Waals surface area contributed by atoms with Crippen molar-refractivity contribution in [2.45, 2.75) is 0 Å². The van der Waals surface area contributed by atoms with E-state index >= 15 is 0 Å². The van der Waals surface area contributed by atoms with E-state index in [0.717, 1.165) is 11.8 Å². The lowest BCUT2D eigenvalue weighted by atomic mass is 10.2. The Balaban J connectivity index is 3.61. The molecule has 10 nitrogen and oxygen atoms in total. The van der Waals surface area contributed by atoms with E-state index in [1.807, 2.05) is 0 Å². The molecule has 0 atom stereocenters. The topological polar surface area (TPSA) is 144 Å². The van der Waals surface area contributed by atoms with Crippen molar-refractivity contribution in [3.63, 3.8) is 0 Å². The monoisotopic (exact) mass is 311 g/mol. The number of nitro groups is 2. The number of nitriles is 1. The molecule has 1 aromatic rings. The zero-order valence-corrected chi connectivity index (χ0v) is 11.7. The van der Waals surface area contributed by atoms with Crippen molar-refractivity contribution >= 4 is 34.0 Å². The molecule has 0 fully saturated rings. The quantitative estimate of drug-likeness (QED) is 0.222. The van der Waals surface area contributed by atoms with Crippen LogP contribution in [0.25, 0.3) is 0 Å². The van der Waals surface area contributed by atoms with Crippen LogP contribution in [0.5, 0.6) is 5.75 Å². The molecular formula is C10H9N5O5S. The van der Waals surface area contributed by atoms with Crippen LogP contribution in [-0.2, 0) is 0 Å². The highest BCUT2D eigenvalue weighted by Crippen LogP contribution is 2.43. The number of benzene rings is 1. The standard InChI is InChI=1S/C10H9N5O5S/c1-20-7-4-3-6(13-10(21-2)12-5-11)8(14(16)17)9(7)15(18)19/h3-4H,1-2H3,(H,12,13). The summed E-state index contributed by atoms with van der Waals surface area (Å²) in [7, 11) is 1.17. The second-order valence-electron chi connectivity index (χ2n) is 3.36. The molecule has 0 aliphatic heterocycles. The number of rotatable bonds is 4. The fourth-order valence-electron chi connectivity index (χ4n) is 1.44. The van der Waals surface area contributed by atoms with Gasteiger partial charge < -0.3 is 4.74 Å². The van der Waals surface area contributed by atoms with E-state index in [0.29, 0.717) is 0 Å². The van der Waals surface area contributed by atoms with Crippen molar-refractivity contribution in [2.24, 2.45) is 4.99 Å². The summed E-state index contributed by atoms with van der Waals surface area (Å²) < 4.78 is 4.76. The summed E-state index contributed by atoms with van der Waals surface area (Å²) in [5.74, 6) is -0.246. The first-order valence-electron chi connectivity index (χ1n) is 5.23. The molecular weight excluding hydrogens is 302 g/mol. The number of aliphatic imine (C=N–C) groups is 1. The molecule has 21 heavy (non-hydrogen) atoms. The van der Waals surface area contributed by atoms with Gasteiger partial charge in [-0.05, 0) is 18.4 Å². The molecule has 0 saturated heterocycles. The number of nitro benzene ring substituents is 2. The molecule has 0 aliphatic carbocycles. The highest BCUT2D eigenvalue weighted by Gasteiger charge is 2.33. The normalized spacial score (nSPS) is 10.6. The average molecular weight is 311 g/mol. The van der Waals surface area contributed by atoms with Gasteiger partial charge in [0, 0.05) is 0 Å². The zero-order chi connectivity index (χ0) is 16.0. The maximum Gasteiger partial charge on any atom is 0.389 e. The maximum atomic E-state index is 11.1. The van der Waals surface area contributed by atoms with Crippen LogP contribution < -0.4 is 10.1 Å². The fourth-order valence-corrected chi connectivity index (χ4v) is 1.78. The number of hydrogen-bond donors (Lipinski definition) is 1. The molecule has 0 bridgehead atoms. The lowest BCUT2D eigenvalue weighted by molar-refractivity contribution is -0.422. The molecule has 0 aromatic heterocycles. The van der Waals surface area contributed by atoms with Gasteiger partial charge in [-0.3, -0.25) is 25.5 Å². The molecule has 11 heteroatoms. The van der Waals surface area contributed by atoms with Crippen LogP contribution in [-0.4, -0.2) is 28.4 Å². The Labute approximate surface area is 122 Å². The molecule has 0 amide bonds. The van der Waals surface area contributed by atoms with Crippen LogP contribution >= 0.6 is 11.8 Å². The Bertz CT molecular complexity index is 654. The molecule has 0 aliphatic rings. The second-order valence-corrected chi connectivity index (χ2v) is 4.15. The largest absolute Gasteiger partial charge is 0.490 e. The Hall–Kier alpha value is -2.87. The third kappa shape index (κ3) is 3.57. The molecule has 1 N–H and O–H groups in total. The summed E-state index contributed by atoms with van der Waals surface area (Å²) in [4.78, 5) is 24.2. The Morgan fingerprint density at radius 1 is 1.38 bits per heavy atom. The number of hydrogen-bond acceptors (Lipinski definition) is 8. The van der Waals surface area contributed by atoms with Gasteiger partial charge in [-0.25, -0.2) is 4.99 Å². The molecule has 0 heterocycles. The zero-order valence-electron chi connectivity index (χ0n) is 10.9. The van der Waals surface area contributed by atoms with Crippen molar-refractivity contribution in [2.75, 3.05) is 13.4 Å². The van der Waals surface area contributed by atoms with Gasteiger partial charge in [-0.15, -0.1) is 0 Å². The van der Waals surface area contributed by atoms with Crippen molar-refractivity contribution in [3.05, 3.63) is 32.4 Å². The van der Waals surface area contributed by atoms with E-state index in [1.165, 1.54) is 19.2 Å². The number of methoxy groups -OCH3 is 1. The molecule has 0 saturated carbocycles. The molecule has 110 valence electrons. The summed E-state index contributed by atoms with van der Waals surface area (Å²) in [5.41, 5.74) is -1.84. The van der Waals surface area contributed by atoms with E-state index in [4.69, 9.17) is 10.00 Å². The van der Waals surface area contributed by atoms with E-state index in [-0.39, 0.29) is 16.6 Å². The number of amidine groups is 1. The van der Waals surface area contributed by atoms with Gasteiger partial charge in [-0.2, -0.15) is 5.26 Å². The van der Waals surface area contributed by atoms with Gasteiger partial charge in [0.1, 0.15) is 0 Å². The summed E-state index contributed by atoms with van der Waals surface area (Å²) >= 11 is 1.03. The summed E-state index contributed by atoms with van der Waals surface area (Å²) in [6, 6.07) is 2.41. The first kappa shape index (κ1) is 16.2. The predicted molar refractivity (Wildman–Crippen MR) is 75.7 cm³/mol. The predicted octanol–water partition coefficient (Wildman–Crippen LogP) is 1.93. The Kier molecular flexibility index (Phi) is 5.44. The van der Waals surface area contributed by atoms with Crippen molar-refractivity contribution in [3.8, 4) is 11.9 Å². The number of ether oxygens (including phenoxy) is 1. The SMILES string of the molecule is COc1ccc(N=C(NC#N)SC)c([N+](=O)[O-])c1[N+](=O)[O-]. The van der Waals surface area contributed by atoms with Crippen molar-refractivity contribution < 1.29 is 14.6 Å². The van der Waals surface area contributed by atoms with Crippen LogP contribution in [0.4, 0.5) is 17.1 Å². The first-order chi connectivity index (χ1) is 9.96. The van der Waals surface area contributed by atoms with Gasteiger partial charge in [0.25, 0.3) is 0 Å². The molecule has 1 rings (SSSR count). The minimum atomic E-state index is -0.913. The summed E-state index contributed by atoms with van der Waals surface area (Å²) in [5, 5.41) is 33.0.